The molecule has 172 valence electrons. The molecule has 0 aliphatic carbocycles. The molecule has 3 aromatic carbocycles. The number of aromatic nitrogens is 1. The monoisotopic (exact) mass is 455 g/mol. The first-order chi connectivity index (χ1) is 16.5. The van der Waals surface area contributed by atoms with Crippen LogP contribution >= 0.6 is 0 Å². The molecule has 1 fully saturated rings. The van der Waals surface area contributed by atoms with Crippen LogP contribution in [0.2, 0.25) is 0 Å². The van der Waals surface area contributed by atoms with Gasteiger partial charge in [0.25, 0.3) is 0 Å². The van der Waals surface area contributed by atoms with Crippen molar-refractivity contribution in [3.8, 4) is 11.1 Å². The van der Waals surface area contributed by atoms with Gasteiger partial charge in [0.2, 0.25) is 11.8 Å². The van der Waals surface area contributed by atoms with E-state index in [-0.39, 0.29) is 12.7 Å². The Morgan fingerprint density at radius 3 is 2.56 bits per heavy atom. The number of oxazole rings is 1. The van der Waals surface area contributed by atoms with Gasteiger partial charge in [0.05, 0.1) is 0 Å². The summed E-state index contributed by atoms with van der Waals surface area (Å²) in [5.41, 5.74) is 9.15. The summed E-state index contributed by atoms with van der Waals surface area (Å²) < 4.78 is 11.8. The predicted octanol–water partition coefficient (Wildman–Crippen LogP) is 5.24. The fourth-order valence-electron chi connectivity index (χ4n) is 4.50. The maximum atomic E-state index is 13.0. The highest BCUT2D eigenvalue weighted by molar-refractivity contribution is 5.95. The lowest BCUT2D eigenvalue weighted by molar-refractivity contribution is 0.0605. The molecule has 1 unspecified atom stereocenters. The molecule has 1 aromatic heterocycles. The highest BCUT2D eigenvalue weighted by Crippen LogP contribution is 2.41. The minimum atomic E-state index is -0.708. The topological polar surface area (TPSA) is 98.7 Å². The number of rotatable bonds is 5. The molecule has 1 aliphatic rings. The number of nitrogens with two attached hydrogens (primary N) is 1. The minimum absolute atomic E-state index is 0.214. The fourth-order valence-corrected chi connectivity index (χ4v) is 4.50. The van der Waals surface area contributed by atoms with E-state index in [0.29, 0.717) is 29.1 Å². The van der Waals surface area contributed by atoms with Crippen LogP contribution < -0.4 is 5.73 Å². The number of fused-ring (bicyclic) bond motifs is 1. The molecule has 0 saturated carbocycles. The van der Waals surface area contributed by atoms with Crippen molar-refractivity contribution in [2.45, 2.75) is 31.9 Å². The van der Waals surface area contributed by atoms with Gasteiger partial charge in [-0.25, -0.2) is 9.78 Å². The van der Waals surface area contributed by atoms with Crippen molar-refractivity contribution in [3.63, 3.8) is 0 Å². The van der Waals surface area contributed by atoms with E-state index in [1.807, 2.05) is 67.6 Å². The van der Waals surface area contributed by atoms with Gasteiger partial charge in [-0.3, -0.25) is 9.69 Å². The fraction of sp³-hybridized carbons (Fsp3) is 0.222. The minimum Gasteiger partial charge on any atom is -0.445 e. The number of amides is 2. The van der Waals surface area contributed by atoms with Gasteiger partial charge in [-0.05, 0) is 49.1 Å². The zero-order chi connectivity index (χ0) is 23.7. The molecule has 0 bridgehead atoms. The lowest BCUT2D eigenvalue weighted by atomic mass is 9.99. The summed E-state index contributed by atoms with van der Waals surface area (Å²) in [7, 11) is 0. The van der Waals surface area contributed by atoms with E-state index in [2.05, 4.69) is 0 Å². The van der Waals surface area contributed by atoms with Crippen molar-refractivity contribution in [1.82, 2.24) is 9.88 Å². The molecule has 1 aliphatic heterocycles. The maximum Gasteiger partial charge on any atom is 0.410 e. The Balaban J connectivity index is 1.44. The first kappa shape index (κ1) is 21.7. The summed E-state index contributed by atoms with van der Waals surface area (Å²) in [6, 6.07) is 22.4. The number of carbonyl (C=O) groups excluding carboxylic acids is 2. The van der Waals surface area contributed by atoms with Gasteiger partial charge in [-0.2, -0.15) is 0 Å². The molecule has 0 radical (unpaired) electrons. The Kier molecular flexibility index (Phi) is 5.53. The Hall–Kier alpha value is -4.13. The summed E-state index contributed by atoms with van der Waals surface area (Å²) in [4.78, 5) is 31.0. The average molecular weight is 456 g/mol. The van der Waals surface area contributed by atoms with Gasteiger partial charge in [-0.15, -0.1) is 0 Å². The number of hydrogen-bond acceptors (Lipinski definition) is 5. The van der Waals surface area contributed by atoms with Gasteiger partial charge in [0, 0.05) is 17.7 Å². The second-order valence-electron chi connectivity index (χ2n) is 8.68. The van der Waals surface area contributed by atoms with Gasteiger partial charge < -0.3 is 14.9 Å². The number of para-hydroxylation sites is 1. The van der Waals surface area contributed by atoms with E-state index in [1.165, 1.54) is 0 Å². The van der Waals surface area contributed by atoms with Crippen LogP contribution in [-0.4, -0.2) is 28.4 Å². The molecule has 4 aromatic rings. The molecule has 5 rings (SSSR count). The van der Waals surface area contributed by atoms with Crippen LogP contribution in [0, 0.1) is 0 Å². The predicted molar refractivity (Wildman–Crippen MR) is 128 cm³/mol. The van der Waals surface area contributed by atoms with Crippen LogP contribution in [0.15, 0.2) is 77.2 Å². The first-order valence-corrected chi connectivity index (χ1v) is 11.2. The Morgan fingerprint density at radius 1 is 1.06 bits per heavy atom. The van der Waals surface area contributed by atoms with E-state index in [4.69, 9.17) is 19.9 Å². The third-order valence-electron chi connectivity index (χ3n) is 6.43. The molecule has 2 N–H and O–H groups in total. The number of nitrogens with zero attached hydrogens (tertiary/aromatic N) is 2. The maximum absolute atomic E-state index is 13.0. The average Bonchev–Trinajstić information content (AvgIpc) is 3.48. The normalized spacial score (nSPS) is 17.7. The van der Waals surface area contributed by atoms with Gasteiger partial charge in [0.1, 0.15) is 17.7 Å². The lowest BCUT2D eigenvalue weighted by Gasteiger charge is -2.31. The third-order valence-corrected chi connectivity index (χ3v) is 6.43. The molecule has 1 atom stereocenters. The second kappa shape index (κ2) is 8.67. The van der Waals surface area contributed by atoms with Gasteiger partial charge in [-0.1, -0.05) is 54.6 Å². The Bertz CT molecular complexity index is 1350. The van der Waals surface area contributed by atoms with Gasteiger partial charge in [0.15, 0.2) is 5.58 Å². The van der Waals surface area contributed by atoms with Gasteiger partial charge >= 0.3 is 6.09 Å². The highest BCUT2D eigenvalue weighted by atomic mass is 16.6. The lowest BCUT2D eigenvalue weighted by Crippen LogP contribution is -2.43. The largest absolute Gasteiger partial charge is 0.445 e. The van der Waals surface area contributed by atoms with Crippen molar-refractivity contribution in [3.05, 3.63) is 89.8 Å². The van der Waals surface area contributed by atoms with Crippen molar-refractivity contribution in [1.29, 1.82) is 0 Å². The van der Waals surface area contributed by atoms with E-state index >= 15 is 0 Å². The summed E-state index contributed by atoms with van der Waals surface area (Å²) in [6.07, 6.45) is 1.17. The van der Waals surface area contributed by atoms with E-state index < -0.39 is 11.4 Å². The molecular formula is C27H25N3O4. The molecule has 2 amide bonds. The molecule has 7 nitrogen and oxygen atoms in total. The zero-order valence-electron chi connectivity index (χ0n) is 18.9. The van der Waals surface area contributed by atoms with Crippen molar-refractivity contribution in [2.75, 3.05) is 6.54 Å². The van der Waals surface area contributed by atoms with Crippen molar-refractivity contribution >= 4 is 23.1 Å². The number of carbonyl (C=O) groups is 2. The van der Waals surface area contributed by atoms with Crippen LogP contribution in [0.4, 0.5) is 4.79 Å². The number of likely N-dealkylation sites (tertiary alicyclic amines) is 1. The molecule has 1 saturated heterocycles. The van der Waals surface area contributed by atoms with Crippen molar-refractivity contribution < 1.29 is 18.7 Å². The molecule has 34 heavy (non-hydrogen) atoms. The van der Waals surface area contributed by atoms with E-state index in [0.717, 1.165) is 29.5 Å². The van der Waals surface area contributed by atoms with Crippen LogP contribution in [-0.2, 0) is 16.9 Å². The number of primary amides is 1. The SMILES string of the molecule is CC1(c2nc3c(-c4ccc(C(N)=O)cc4)cccc3o2)CCCN1C(=O)OCc1ccccc1. The van der Waals surface area contributed by atoms with Crippen LogP contribution in [0.3, 0.4) is 0 Å². The quantitative estimate of drug-likeness (QED) is 0.444. The Labute approximate surface area is 197 Å². The molecular weight excluding hydrogens is 430 g/mol. The van der Waals surface area contributed by atoms with E-state index in [9.17, 15) is 9.59 Å². The summed E-state index contributed by atoms with van der Waals surface area (Å²) in [5, 5.41) is 0. The summed E-state index contributed by atoms with van der Waals surface area (Å²) >= 11 is 0. The Morgan fingerprint density at radius 2 is 1.82 bits per heavy atom. The second-order valence-corrected chi connectivity index (χ2v) is 8.68. The number of benzene rings is 3. The zero-order valence-corrected chi connectivity index (χ0v) is 18.9. The number of ether oxygens (including phenoxy) is 1. The first-order valence-electron chi connectivity index (χ1n) is 11.2. The van der Waals surface area contributed by atoms with E-state index in [1.54, 1.807) is 17.0 Å². The van der Waals surface area contributed by atoms with Crippen LogP contribution in [0.5, 0.6) is 0 Å². The van der Waals surface area contributed by atoms with Crippen LogP contribution in [0.1, 0.15) is 41.6 Å². The molecule has 7 heteroatoms. The standard InChI is InChI=1S/C27H25N3O4/c1-27(15-6-16-30(27)26(32)33-17-18-7-3-2-4-8-18)25-29-23-21(9-5-10-22(23)34-25)19-11-13-20(14-12-19)24(28)31/h2-5,7-14H,6,15-17H2,1H3,(H2,28,31). The summed E-state index contributed by atoms with van der Waals surface area (Å²) in [6.45, 7) is 2.76. The number of hydrogen-bond donors (Lipinski definition) is 1. The van der Waals surface area contributed by atoms with Crippen molar-refractivity contribution in [2.24, 2.45) is 5.73 Å². The smallest absolute Gasteiger partial charge is 0.410 e. The summed E-state index contributed by atoms with van der Waals surface area (Å²) in [5.74, 6) is 0.0137. The highest BCUT2D eigenvalue weighted by Gasteiger charge is 2.46. The molecule has 0 spiro atoms. The third kappa shape index (κ3) is 3.90. The molecule has 2 heterocycles. The van der Waals surface area contributed by atoms with Crippen LogP contribution in [0.25, 0.3) is 22.2 Å².